The van der Waals surface area contributed by atoms with Crippen LogP contribution < -0.4 is 10.6 Å². The van der Waals surface area contributed by atoms with E-state index in [4.69, 9.17) is 17.3 Å². The monoisotopic (exact) mass is 308 g/mol. The number of fused-ring (bicyclic) bond motifs is 2. The molecule has 3 N–H and O–H groups in total. The van der Waals surface area contributed by atoms with E-state index >= 15 is 0 Å². The average molecular weight is 309 g/mol. The minimum atomic E-state index is -1.43. The van der Waals surface area contributed by atoms with E-state index in [0.717, 1.165) is 21.4 Å². The molecule has 2 aromatic rings. The molecule has 1 atom stereocenters. The predicted molar refractivity (Wildman–Crippen MR) is 82.4 cm³/mol. The van der Waals surface area contributed by atoms with Gasteiger partial charge in [-0.15, -0.1) is 11.8 Å². The van der Waals surface area contributed by atoms with Gasteiger partial charge in [0, 0.05) is 9.92 Å². The smallest absolute Gasteiger partial charge is 0.344 e. The standard InChI is InChI=1S/C14H13ClN2O2S/c1-14(16,13(18)19)17-7-20-12-6-8-2-3-10(15)4-9(8)5-11(12)17/h2-6H,7,16H2,1H3,(H,18,19)/t14-/m1/s1. The van der Waals surface area contributed by atoms with Gasteiger partial charge in [-0.25, -0.2) is 4.79 Å². The summed E-state index contributed by atoms with van der Waals surface area (Å²) in [5.74, 6) is -0.518. The number of halogens is 1. The molecule has 2 aromatic carbocycles. The van der Waals surface area contributed by atoms with E-state index < -0.39 is 11.6 Å². The number of anilines is 1. The Bertz CT molecular complexity index is 718. The number of benzene rings is 2. The summed E-state index contributed by atoms with van der Waals surface area (Å²) in [6, 6.07) is 9.67. The molecule has 0 aromatic heterocycles. The first-order valence-electron chi connectivity index (χ1n) is 6.05. The fourth-order valence-corrected chi connectivity index (χ4v) is 3.65. The molecule has 0 aliphatic carbocycles. The van der Waals surface area contributed by atoms with Gasteiger partial charge in [-0.3, -0.25) is 5.73 Å². The molecule has 20 heavy (non-hydrogen) atoms. The van der Waals surface area contributed by atoms with Crippen molar-refractivity contribution in [3.63, 3.8) is 0 Å². The Morgan fingerprint density at radius 1 is 1.40 bits per heavy atom. The summed E-state index contributed by atoms with van der Waals surface area (Å²) >= 11 is 7.60. The Morgan fingerprint density at radius 3 is 2.85 bits per heavy atom. The van der Waals surface area contributed by atoms with E-state index in [1.54, 1.807) is 16.7 Å². The highest BCUT2D eigenvalue weighted by atomic mass is 35.5. The molecule has 4 nitrogen and oxygen atoms in total. The van der Waals surface area contributed by atoms with E-state index in [2.05, 4.69) is 0 Å². The number of aliphatic carboxylic acids is 1. The number of rotatable bonds is 2. The van der Waals surface area contributed by atoms with Crippen LogP contribution in [0.25, 0.3) is 10.8 Å². The molecule has 0 unspecified atom stereocenters. The quantitative estimate of drug-likeness (QED) is 0.892. The van der Waals surface area contributed by atoms with Crippen LogP contribution in [-0.2, 0) is 4.79 Å². The molecule has 3 rings (SSSR count). The molecule has 104 valence electrons. The van der Waals surface area contributed by atoms with Gasteiger partial charge in [0.1, 0.15) is 0 Å². The Morgan fingerprint density at radius 2 is 2.15 bits per heavy atom. The lowest BCUT2D eigenvalue weighted by molar-refractivity contribution is -0.142. The second kappa shape index (κ2) is 4.55. The number of carboxylic acids is 1. The van der Waals surface area contributed by atoms with Crippen molar-refractivity contribution >= 4 is 45.8 Å². The maximum absolute atomic E-state index is 11.3. The summed E-state index contributed by atoms with van der Waals surface area (Å²) in [6.07, 6.45) is 0. The largest absolute Gasteiger partial charge is 0.478 e. The maximum atomic E-state index is 11.3. The minimum Gasteiger partial charge on any atom is -0.478 e. The highest BCUT2D eigenvalue weighted by Crippen LogP contribution is 2.43. The molecule has 6 heteroatoms. The van der Waals surface area contributed by atoms with Crippen LogP contribution in [0.5, 0.6) is 0 Å². The average Bonchev–Trinajstić information content (AvgIpc) is 2.79. The van der Waals surface area contributed by atoms with Crippen molar-refractivity contribution in [1.29, 1.82) is 0 Å². The fourth-order valence-electron chi connectivity index (χ4n) is 2.27. The number of thioether (sulfide) groups is 1. The molecule has 0 bridgehead atoms. The third-order valence-corrected chi connectivity index (χ3v) is 4.77. The Balaban J connectivity index is 2.15. The van der Waals surface area contributed by atoms with Crippen molar-refractivity contribution in [2.24, 2.45) is 5.73 Å². The summed E-state index contributed by atoms with van der Waals surface area (Å²) in [7, 11) is 0. The Kier molecular flexibility index (Phi) is 3.08. The second-order valence-electron chi connectivity index (χ2n) is 4.97. The van der Waals surface area contributed by atoms with Gasteiger partial charge >= 0.3 is 5.97 Å². The molecule has 1 heterocycles. The molecular formula is C14H13ClN2O2S. The first-order chi connectivity index (χ1) is 9.39. The Hall–Kier alpha value is -1.43. The molecule has 0 amide bonds. The number of carboxylic acid groups (broad SMARTS) is 1. The molecule has 0 saturated carbocycles. The third-order valence-electron chi connectivity index (χ3n) is 3.51. The number of nitrogens with zero attached hydrogens (tertiary/aromatic N) is 1. The number of hydrogen-bond donors (Lipinski definition) is 2. The van der Waals surface area contributed by atoms with E-state index in [9.17, 15) is 9.90 Å². The summed E-state index contributed by atoms with van der Waals surface area (Å²) < 4.78 is 0. The molecule has 0 spiro atoms. The zero-order chi connectivity index (χ0) is 14.5. The number of nitrogens with two attached hydrogens (primary N) is 1. The Labute approximate surface area is 125 Å². The van der Waals surface area contributed by atoms with Crippen molar-refractivity contribution in [3.8, 4) is 0 Å². The van der Waals surface area contributed by atoms with Crippen LogP contribution in [0.2, 0.25) is 5.02 Å². The summed E-state index contributed by atoms with van der Waals surface area (Å²) in [5.41, 5.74) is 5.36. The summed E-state index contributed by atoms with van der Waals surface area (Å²) in [4.78, 5) is 14.1. The highest BCUT2D eigenvalue weighted by molar-refractivity contribution is 7.99. The van der Waals surface area contributed by atoms with Crippen molar-refractivity contribution in [1.82, 2.24) is 0 Å². The van der Waals surface area contributed by atoms with Gasteiger partial charge in [-0.1, -0.05) is 17.7 Å². The van der Waals surface area contributed by atoms with Crippen molar-refractivity contribution in [2.75, 3.05) is 10.8 Å². The van der Waals surface area contributed by atoms with Gasteiger partial charge in [-0.05, 0) is 42.0 Å². The van der Waals surface area contributed by atoms with Crippen molar-refractivity contribution in [3.05, 3.63) is 35.4 Å². The van der Waals surface area contributed by atoms with Gasteiger partial charge in [0.2, 0.25) is 0 Å². The highest BCUT2D eigenvalue weighted by Gasteiger charge is 2.39. The van der Waals surface area contributed by atoms with Crippen LogP contribution in [-0.4, -0.2) is 22.6 Å². The zero-order valence-electron chi connectivity index (χ0n) is 10.8. The van der Waals surface area contributed by atoms with Crippen LogP contribution >= 0.6 is 23.4 Å². The fraction of sp³-hybridized carbons (Fsp3) is 0.214. The molecule has 1 aliphatic heterocycles. The topological polar surface area (TPSA) is 66.6 Å². The summed E-state index contributed by atoms with van der Waals surface area (Å²) in [6.45, 7) is 1.51. The minimum absolute atomic E-state index is 0.526. The second-order valence-corrected chi connectivity index (χ2v) is 6.39. The normalized spacial score (nSPS) is 17.1. The van der Waals surface area contributed by atoms with Crippen LogP contribution in [0.1, 0.15) is 6.92 Å². The SMILES string of the molecule is C[C@](N)(C(=O)O)N1CSc2cc3ccc(Cl)cc3cc21. The molecule has 0 saturated heterocycles. The third kappa shape index (κ3) is 2.02. The van der Waals surface area contributed by atoms with Gasteiger partial charge in [-0.2, -0.15) is 0 Å². The van der Waals surface area contributed by atoms with Gasteiger partial charge in [0.15, 0.2) is 5.66 Å². The lowest BCUT2D eigenvalue weighted by atomic mass is 10.1. The number of hydrogen-bond acceptors (Lipinski definition) is 4. The molecule has 0 radical (unpaired) electrons. The van der Waals surface area contributed by atoms with Crippen LogP contribution in [0.4, 0.5) is 5.69 Å². The molecule has 0 fully saturated rings. The zero-order valence-corrected chi connectivity index (χ0v) is 12.3. The van der Waals surface area contributed by atoms with Gasteiger partial charge < -0.3 is 10.0 Å². The van der Waals surface area contributed by atoms with E-state index in [-0.39, 0.29) is 0 Å². The van der Waals surface area contributed by atoms with Crippen LogP contribution in [0, 0.1) is 0 Å². The van der Waals surface area contributed by atoms with Crippen LogP contribution in [0.15, 0.2) is 35.2 Å². The molecular weight excluding hydrogens is 296 g/mol. The lowest BCUT2D eigenvalue weighted by Gasteiger charge is -2.32. The van der Waals surface area contributed by atoms with Crippen molar-refractivity contribution < 1.29 is 9.90 Å². The first-order valence-corrected chi connectivity index (χ1v) is 7.42. The lowest BCUT2D eigenvalue weighted by Crippen LogP contribution is -2.58. The van der Waals surface area contributed by atoms with Crippen molar-refractivity contribution in [2.45, 2.75) is 17.5 Å². The molecule has 1 aliphatic rings. The van der Waals surface area contributed by atoms with E-state index in [1.807, 2.05) is 30.3 Å². The van der Waals surface area contributed by atoms with Crippen LogP contribution in [0.3, 0.4) is 0 Å². The summed E-state index contributed by atoms with van der Waals surface area (Å²) in [5, 5.41) is 12.0. The predicted octanol–water partition coefficient (Wildman–Crippen LogP) is 3.12. The van der Waals surface area contributed by atoms with E-state index in [1.165, 1.54) is 6.92 Å². The first kappa shape index (κ1) is 13.5. The van der Waals surface area contributed by atoms with E-state index in [0.29, 0.717) is 10.9 Å². The maximum Gasteiger partial charge on any atom is 0.344 e. The number of carbonyl (C=O) groups is 1. The van der Waals surface area contributed by atoms with Gasteiger partial charge in [0.05, 0.1) is 11.6 Å². The van der Waals surface area contributed by atoms with Gasteiger partial charge in [0.25, 0.3) is 0 Å².